The molecule has 25 heavy (non-hydrogen) atoms. The van der Waals surface area contributed by atoms with Gasteiger partial charge in [0.15, 0.2) is 0 Å². The molecule has 6 heteroatoms. The highest BCUT2D eigenvalue weighted by atomic mass is 16.3. The Hall–Kier alpha value is -2.89. The number of aryl methyl sites for hydroxylation is 1. The van der Waals surface area contributed by atoms with E-state index in [2.05, 4.69) is 4.98 Å². The van der Waals surface area contributed by atoms with Crippen LogP contribution in [0, 0.1) is 12.8 Å². The lowest BCUT2D eigenvalue weighted by Crippen LogP contribution is -2.29. The highest BCUT2D eigenvalue weighted by molar-refractivity contribution is 6.13. The van der Waals surface area contributed by atoms with E-state index in [1.165, 1.54) is 15.8 Å². The fraction of sp³-hybridized carbons (Fsp3) is 0.316. The number of hydrogen-bond donors (Lipinski definition) is 0. The molecule has 0 radical (unpaired) electrons. The summed E-state index contributed by atoms with van der Waals surface area (Å²) in [4.78, 5) is 31.6. The predicted octanol–water partition coefficient (Wildman–Crippen LogP) is 3.23. The number of carbonyl (C=O) groups is 1. The quantitative estimate of drug-likeness (QED) is 0.732. The molecule has 0 aliphatic heterocycles. The van der Waals surface area contributed by atoms with E-state index in [9.17, 15) is 9.59 Å². The van der Waals surface area contributed by atoms with Crippen molar-refractivity contribution >= 4 is 22.7 Å². The molecule has 0 unspecified atom stereocenters. The average Bonchev–Trinajstić information content (AvgIpc) is 2.93. The molecule has 3 aromatic rings. The van der Waals surface area contributed by atoms with Crippen LogP contribution >= 0.6 is 0 Å². The van der Waals surface area contributed by atoms with Crippen LogP contribution in [-0.4, -0.2) is 22.5 Å². The second kappa shape index (κ2) is 6.55. The van der Waals surface area contributed by atoms with Gasteiger partial charge in [-0.25, -0.2) is 4.98 Å². The number of benzene rings is 1. The Labute approximate surface area is 145 Å². The summed E-state index contributed by atoms with van der Waals surface area (Å²) in [5.41, 5.74) is 0.970. The fourth-order valence-electron chi connectivity index (χ4n) is 2.86. The molecule has 0 aliphatic carbocycles. The molecular formula is C19H21N3O3. The summed E-state index contributed by atoms with van der Waals surface area (Å²) in [6.07, 6.45) is 1.47. The van der Waals surface area contributed by atoms with Crippen molar-refractivity contribution in [3.63, 3.8) is 0 Å². The second-order valence-corrected chi connectivity index (χ2v) is 6.51. The van der Waals surface area contributed by atoms with Gasteiger partial charge < -0.3 is 9.32 Å². The molecule has 0 atom stereocenters. The van der Waals surface area contributed by atoms with Crippen molar-refractivity contribution < 1.29 is 9.21 Å². The van der Waals surface area contributed by atoms with Crippen molar-refractivity contribution in [3.05, 3.63) is 58.3 Å². The van der Waals surface area contributed by atoms with Gasteiger partial charge in [0.2, 0.25) is 5.71 Å². The first-order valence-corrected chi connectivity index (χ1v) is 8.21. The third-order valence-corrected chi connectivity index (χ3v) is 4.08. The molecule has 3 rings (SSSR count). The van der Waals surface area contributed by atoms with Crippen molar-refractivity contribution in [3.8, 4) is 0 Å². The van der Waals surface area contributed by atoms with Crippen LogP contribution in [-0.2, 0) is 6.54 Å². The lowest BCUT2D eigenvalue weighted by atomic mass is 10.1. The zero-order valence-corrected chi connectivity index (χ0v) is 14.8. The Morgan fingerprint density at radius 1 is 1.28 bits per heavy atom. The number of nitrogens with zero attached hydrogens (tertiary/aromatic N) is 3. The average molecular weight is 339 g/mol. The number of anilines is 1. The van der Waals surface area contributed by atoms with Crippen LogP contribution in [0.1, 0.15) is 30.0 Å². The molecule has 0 spiro atoms. The highest BCUT2D eigenvalue weighted by Gasteiger charge is 2.25. The van der Waals surface area contributed by atoms with Gasteiger partial charge in [-0.3, -0.25) is 14.2 Å². The first-order valence-electron chi connectivity index (χ1n) is 8.21. The molecule has 0 aliphatic rings. The van der Waals surface area contributed by atoms with Gasteiger partial charge >= 0.3 is 0 Å². The molecule has 0 fully saturated rings. The summed E-state index contributed by atoms with van der Waals surface area (Å²) in [5, 5.41) is 0.244. The van der Waals surface area contributed by atoms with Crippen LogP contribution < -0.4 is 10.5 Å². The Balaban J connectivity index is 2.14. The minimum absolute atomic E-state index is 0.201. The minimum Gasteiger partial charge on any atom is -0.442 e. The SMILES string of the molecule is Cc1oc2ncn(CC(C)C)c(=O)c2c1C(=O)N(C)c1ccccc1. The van der Waals surface area contributed by atoms with Gasteiger partial charge in [-0.05, 0) is 25.0 Å². The molecule has 2 aromatic heterocycles. The van der Waals surface area contributed by atoms with Crippen LogP contribution in [0.15, 0.2) is 45.9 Å². The van der Waals surface area contributed by atoms with E-state index in [0.717, 1.165) is 5.69 Å². The smallest absolute Gasteiger partial charge is 0.265 e. The summed E-state index contributed by atoms with van der Waals surface area (Å²) >= 11 is 0. The van der Waals surface area contributed by atoms with Crippen molar-refractivity contribution in [1.29, 1.82) is 0 Å². The Kier molecular flexibility index (Phi) is 4.44. The molecular weight excluding hydrogens is 318 g/mol. The number of amides is 1. The first kappa shape index (κ1) is 17.0. The third-order valence-electron chi connectivity index (χ3n) is 4.08. The monoisotopic (exact) mass is 339 g/mol. The number of rotatable bonds is 4. The number of fused-ring (bicyclic) bond motifs is 1. The lowest BCUT2D eigenvalue weighted by molar-refractivity contribution is 0.0993. The lowest BCUT2D eigenvalue weighted by Gasteiger charge is -2.17. The van der Waals surface area contributed by atoms with E-state index in [4.69, 9.17) is 4.42 Å². The van der Waals surface area contributed by atoms with E-state index >= 15 is 0 Å². The zero-order valence-electron chi connectivity index (χ0n) is 14.8. The van der Waals surface area contributed by atoms with E-state index in [1.54, 1.807) is 14.0 Å². The van der Waals surface area contributed by atoms with Crippen molar-refractivity contribution in [2.75, 3.05) is 11.9 Å². The molecule has 130 valence electrons. The summed E-state index contributed by atoms with van der Waals surface area (Å²) < 4.78 is 7.10. The summed E-state index contributed by atoms with van der Waals surface area (Å²) in [6, 6.07) is 9.28. The van der Waals surface area contributed by atoms with Crippen LogP contribution in [0.5, 0.6) is 0 Å². The predicted molar refractivity (Wildman–Crippen MR) is 97.0 cm³/mol. The molecule has 6 nitrogen and oxygen atoms in total. The number of hydrogen-bond acceptors (Lipinski definition) is 4. The van der Waals surface area contributed by atoms with E-state index in [0.29, 0.717) is 12.3 Å². The van der Waals surface area contributed by atoms with E-state index in [-0.39, 0.29) is 34.0 Å². The van der Waals surface area contributed by atoms with Gasteiger partial charge in [0.25, 0.3) is 11.5 Å². The summed E-state index contributed by atoms with van der Waals surface area (Å²) in [7, 11) is 1.68. The highest BCUT2D eigenvalue weighted by Crippen LogP contribution is 2.24. The second-order valence-electron chi connectivity index (χ2n) is 6.51. The Morgan fingerprint density at radius 3 is 2.60 bits per heavy atom. The van der Waals surface area contributed by atoms with E-state index < -0.39 is 0 Å². The molecule has 0 saturated carbocycles. The molecule has 0 bridgehead atoms. The van der Waals surface area contributed by atoms with Crippen molar-refractivity contribution in [2.24, 2.45) is 5.92 Å². The summed E-state index contributed by atoms with van der Waals surface area (Å²) in [6.45, 7) is 6.26. The van der Waals surface area contributed by atoms with Crippen molar-refractivity contribution in [2.45, 2.75) is 27.3 Å². The van der Waals surface area contributed by atoms with Gasteiger partial charge in [-0.15, -0.1) is 0 Å². The number of para-hydroxylation sites is 1. The first-order chi connectivity index (χ1) is 11.9. The molecule has 2 heterocycles. The van der Waals surface area contributed by atoms with E-state index in [1.807, 2.05) is 44.2 Å². The van der Waals surface area contributed by atoms with Crippen molar-refractivity contribution in [1.82, 2.24) is 9.55 Å². The standard InChI is InChI=1S/C19H21N3O3/c1-12(2)10-22-11-20-17-16(19(22)24)15(13(3)25-17)18(23)21(4)14-8-6-5-7-9-14/h5-9,11-12H,10H2,1-4H3. The maximum atomic E-state index is 13.0. The van der Waals surface area contributed by atoms with Crippen LogP contribution in [0.4, 0.5) is 5.69 Å². The largest absolute Gasteiger partial charge is 0.442 e. The van der Waals surface area contributed by atoms with Crippen LogP contribution in [0.2, 0.25) is 0 Å². The maximum Gasteiger partial charge on any atom is 0.265 e. The minimum atomic E-state index is -0.288. The third kappa shape index (κ3) is 3.07. The summed E-state index contributed by atoms with van der Waals surface area (Å²) in [5.74, 6) is 0.398. The normalized spacial score (nSPS) is 11.2. The topological polar surface area (TPSA) is 68.3 Å². The fourth-order valence-corrected chi connectivity index (χ4v) is 2.86. The number of carbonyl (C=O) groups excluding carboxylic acids is 1. The molecule has 1 aromatic carbocycles. The Bertz CT molecular complexity index is 971. The number of aromatic nitrogens is 2. The van der Waals surface area contributed by atoms with Gasteiger partial charge in [-0.2, -0.15) is 0 Å². The molecule has 1 amide bonds. The van der Waals surface area contributed by atoms with Gasteiger partial charge in [0.05, 0.1) is 5.56 Å². The number of furan rings is 1. The molecule has 0 N–H and O–H groups in total. The van der Waals surface area contributed by atoms with Gasteiger partial charge in [0, 0.05) is 19.3 Å². The Morgan fingerprint density at radius 2 is 1.96 bits per heavy atom. The maximum absolute atomic E-state index is 13.0. The van der Waals surface area contributed by atoms with Crippen LogP contribution in [0.25, 0.3) is 11.1 Å². The van der Waals surface area contributed by atoms with Gasteiger partial charge in [0.1, 0.15) is 17.5 Å². The molecule has 0 saturated heterocycles. The van der Waals surface area contributed by atoms with Crippen LogP contribution in [0.3, 0.4) is 0 Å². The van der Waals surface area contributed by atoms with Gasteiger partial charge in [-0.1, -0.05) is 32.0 Å². The zero-order chi connectivity index (χ0) is 18.1.